The summed E-state index contributed by atoms with van der Waals surface area (Å²) in [4.78, 5) is 27.1. The zero-order valence-corrected chi connectivity index (χ0v) is 16.3. The smallest absolute Gasteiger partial charge is 0.322 e. The van der Waals surface area contributed by atoms with E-state index in [9.17, 15) is 19.3 Å². The van der Waals surface area contributed by atoms with Crippen molar-refractivity contribution in [1.82, 2.24) is 9.55 Å². The molecule has 0 unspecified atom stereocenters. The molecule has 0 radical (unpaired) electrons. The van der Waals surface area contributed by atoms with Crippen LogP contribution >= 0.6 is 11.8 Å². The van der Waals surface area contributed by atoms with Crippen LogP contribution in [0.25, 0.3) is 16.7 Å². The highest BCUT2D eigenvalue weighted by molar-refractivity contribution is 8.01. The van der Waals surface area contributed by atoms with Crippen molar-refractivity contribution in [1.29, 1.82) is 0 Å². The summed E-state index contributed by atoms with van der Waals surface area (Å²) < 4.78 is 20.4. The lowest BCUT2D eigenvalue weighted by Crippen LogP contribution is -2.30. The standard InChI is InChI=1S/C19H18FN3O4S/c1-4-27-17(24)19(2,3)28-18-21-14-7-5-6-8-16(14)22(18)15-10-9-12(23(25)26)11-13(15)20/h5-11H,4H2,1-3H3. The van der Waals surface area contributed by atoms with Gasteiger partial charge in [0.2, 0.25) is 0 Å². The second-order valence-corrected chi connectivity index (χ2v) is 8.03. The minimum atomic E-state index is -0.966. The zero-order chi connectivity index (χ0) is 20.5. The average Bonchev–Trinajstić information content (AvgIpc) is 2.98. The van der Waals surface area contributed by atoms with Gasteiger partial charge in [0, 0.05) is 6.07 Å². The van der Waals surface area contributed by atoms with Crippen LogP contribution in [0.2, 0.25) is 0 Å². The van der Waals surface area contributed by atoms with Gasteiger partial charge in [-0.05, 0) is 39.0 Å². The molecule has 146 valence electrons. The van der Waals surface area contributed by atoms with Crippen LogP contribution in [0, 0.1) is 15.9 Å². The molecule has 28 heavy (non-hydrogen) atoms. The molecule has 0 atom stereocenters. The van der Waals surface area contributed by atoms with Crippen LogP contribution in [0.3, 0.4) is 0 Å². The van der Waals surface area contributed by atoms with Crippen molar-refractivity contribution in [3.8, 4) is 5.69 Å². The summed E-state index contributed by atoms with van der Waals surface area (Å²) in [6.07, 6.45) is 0. The summed E-state index contributed by atoms with van der Waals surface area (Å²) in [6.45, 7) is 5.37. The first kappa shape index (κ1) is 19.8. The number of nitro groups is 1. The summed E-state index contributed by atoms with van der Waals surface area (Å²) in [6, 6.07) is 10.6. The number of aromatic nitrogens is 2. The topological polar surface area (TPSA) is 87.3 Å². The molecule has 0 amide bonds. The molecule has 0 saturated carbocycles. The zero-order valence-electron chi connectivity index (χ0n) is 15.5. The van der Waals surface area contributed by atoms with E-state index in [0.29, 0.717) is 16.2 Å². The third-order valence-electron chi connectivity index (χ3n) is 4.03. The minimum absolute atomic E-state index is 0.112. The minimum Gasteiger partial charge on any atom is -0.465 e. The van der Waals surface area contributed by atoms with Gasteiger partial charge in [-0.25, -0.2) is 9.37 Å². The van der Waals surface area contributed by atoms with Crippen molar-refractivity contribution in [2.45, 2.75) is 30.7 Å². The van der Waals surface area contributed by atoms with Crippen molar-refractivity contribution in [3.63, 3.8) is 0 Å². The molecule has 0 N–H and O–H groups in total. The van der Waals surface area contributed by atoms with Gasteiger partial charge >= 0.3 is 5.97 Å². The Hall–Kier alpha value is -2.94. The number of non-ortho nitro benzene ring substituents is 1. The van der Waals surface area contributed by atoms with Crippen LogP contribution in [-0.2, 0) is 9.53 Å². The summed E-state index contributed by atoms with van der Waals surface area (Å²) >= 11 is 1.14. The van der Waals surface area contributed by atoms with Crippen LogP contribution in [0.15, 0.2) is 47.6 Å². The summed E-state index contributed by atoms with van der Waals surface area (Å²) in [7, 11) is 0. The number of nitro benzene ring substituents is 1. The van der Waals surface area contributed by atoms with Gasteiger partial charge < -0.3 is 4.74 Å². The number of thioether (sulfide) groups is 1. The SMILES string of the molecule is CCOC(=O)C(C)(C)Sc1nc2ccccc2n1-c1ccc([N+](=O)[O-])cc1F. The first-order valence-corrected chi connectivity index (χ1v) is 9.34. The van der Waals surface area contributed by atoms with Crippen LogP contribution in [0.4, 0.5) is 10.1 Å². The number of halogens is 1. The highest BCUT2D eigenvalue weighted by Gasteiger charge is 2.33. The van der Waals surface area contributed by atoms with Gasteiger partial charge in [-0.1, -0.05) is 23.9 Å². The highest BCUT2D eigenvalue weighted by atomic mass is 32.2. The molecule has 0 spiro atoms. The fraction of sp³-hybridized carbons (Fsp3) is 0.263. The molecular weight excluding hydrogens is 385 g/mol. The van der Waals surface area contributed by atoms with Gasteiger partial charge in [0.1, 0.15) is 4.75 Å². The first-order valence-electron chi connectivity index (χ1n) is 8.52. The van der Waals surface area contributed by atoms with Gasteiger partial charge in [0.15, 0.2) is 11.0 Å². The van der Waals surface area contributed by atoms with Crippen molar-refractivity contribution < 1.29 is 18.8 Å². The van der Waals surface area contributed by atoms with Gasteiger partial charge in [0.05, 0.1) is 34.3 Å². The number of fused-ring (bicyclic) bond motifs is 1. The number of ether oxygens (including phenoxy) is 1. The lowest BCUT2D eigenvalue weighted by molar-refractivity contribution is -0.385. The van der Waals surface area contributed by atoms with E-state index in [2.05, 4.69) is 4.98 Å². The fourth-order valence-electron chi connectivity index (χ4n) is 2.67. The van der Waals surface area contributed by atoms with E-state index in [1.807, 2.05) is 0 Å². The number of benzene rings is 2. The van der Waals surface area contributed by atoms with E-state index >= 15 is 0 Å². The van der Waals surface area contributed by atoms with Crippen LogP contribution in [0.1, 0.15) is 20.8 Å². The molecule has 0 aliphatic carbocycles. The molecular formula is C19H18FN3O4S. The van der Waals surface area contributed by atoms with E-state index in [1.54, 1.807) is 49.6 Å². The monoisotopic (exact) mass is 403 g/mol. The molecule has 1 aromatic heterocycles. The Labute approximate surface area is 164 Å². The van der Waals surface area contributed by atoms with Gasteiger partial charge in [0.25, 0.3) is 5.69 Å². The number of carbonyl (C=O) groups is 1. The third-order valence-corrected chi connectivity index (χ3v) is 5.16. The number of hydrogen-bond donors (Lipinski definition) is 0. The van der Waals surface area contributed by atoms with E-state index in [0.717, 1.165) is 17.8 Å². The summed E-state index contributed by atoms with van der Waals surface area (Å²) in [5, 5.41) is 11.3. The third kappa shape index (κ3) is 3.70. The molecule has 0 fully saturated rings. The quantitative estimate of drug-likeness (QED) is 0.261. The normalized spacial score (nSPS) is 11.6. The lowest BCUT2D eigenvalue weighted by atomic mass is 10.2. The number of nitrogens with zero attached hydrogens (tertiary/aromatic N) is 3. The highest BCUT2D eigenvalue weighted by Crippen LogP contribution is 2.37. The Morgan fingerprint density at radius 2 is 2.04 bits per heavy atom. The molecule has 2 aromatic carbocycles. The molecule has 3 aromatic rings. The molecule has 9 heteroatoms. The Morgan fingerprint density at radius 3 is 2.68 bits per heavy atom. The van der Waals surface area contributed by atoms with Crippen LogP contribution in [-0.4, -0.2) is 31.8 Å². The summed E-state index contributed by atoms with van der Waals surface area (Å²) in [5.74, 6) is -1.17. The lowest BCUT2D eigenvalue weighted by Gasteiger charge is -2.21. The van der Waals surface area contributed by atoms with Crippen molar-refractivity contribution in [2.75, 3.05) is 6.61 Å². The van der Waals surface area contributed by atoms with E-state index in [-0.39, 0.29) is 18.0 Å². The number of esters is 1. The Balaban J connectivity index is 2.15. The van der Waals surface area contributed by atoms with Crippen molar-refractivity contribution in [2.24, 2.45) is 0 Å². The first-order chi connectivity index (χ1) is 13.2. The maximum Gasteiger partial charge on any atom is 0.322 e. The molecule has 0 aliphatic rings. The molecule has 0 bridgehead atoms. The van der Waals surface area contributed by atoms with Crippen molar-refractivity contribution >= 4 is 34.5 Å². The number of rotatable bonds is 6. The molecule has 7 nitrogen and oxygen atoms in total. The second-order valence-electron chi connectivity index (χ2n) is 6.44. The second kappa shape index (κ2) is 7.59. The predicted molar refractivity (Wildman–Crippen MR) is 104 cm³/mol. The molecule has 0 aliphatic heterocycles. The Bertz CT molecular complexity index is 1060. The van der Waals surface area contributed by atoms with E-state index < -0.39 is 21.5 Å². The number of carbonyl (C=O) groups excluding carboxylic acids is 1. The molecule has 0 saturated heterocycles. The van der Waals surface area contributed by atoms with Gasteiger partial charge in [-0.15, -0.1) is 0 Å². The van der Waals surface area contributed by atoms with Crippen LogP contribution in [0.5, 0.6) is 0 Å². The van der Waals surface area contributed by atoms with Crippen molar-refractivity contribution in [3.05, 3.63) is 58.4 Å². The van der Waals surface area contributed by atoms with Crippen LogP contribution < -0.4 is 0 Å². The largest absolute Gasteiger partial charge is 0.465 e. The maximum absolute atomic E-state index is 14.7. The number of para-hydroxylation sites is 2. The summed E-state index contributed by atoms with van der Waals surface area (Å²) in [5.41, 5.74) is 1.01. The predicted octanol–water partition coefficient (Wildman–Crippen LogP) is 4.51. The van der Waals surface area contributed by atoms with E-state index in [4.69, 9.17) is 4.74 Å². The molecule has 1 heterocycles. The average molecular weight is 403 g/mol. The van der Waals surface area contributed by atoms with Gasteiger partial charge in [-0.3, -0.25) is 19.5 Å². The number of imidazole rings is 1. The van der Waals surface area contributed by atoms with Gasteiger partial charge in [-0.2, -0.15) is 0 Å². The molecule has 3 rings (SSSR count). The Kier molecular flexibility index (Phi) is 5.37. The number of hydrogen-bond acceptors (Lipinski definition) is 6. The van der Waals surface area contributed by atoms with E-state index in [1.165, 1.54) is 12.1 Å². The Morgan fingerprint density at radius 1 is 1.32 bits per heavy atom. The fourth-order valence-corrected chi connectivity index (χ4v) is 3.70. The maximum atomic E-state index is 14.7.